The Morgan fingerprint density at radius 1 is 0.800 bits per heavy atom. The van der Waals surface area contributed by atoms with Gasteiger partial charge in [-0.3, -0.25) is 14.4 Å². The Morgan fingerprint density at radius 3 is 2.20 bits per heavy atom. The van der Waals surface area contributed by atoms with Gasteiger partial charge in [-0.05, 0) is 24.3 Å². The molecule has 0 bridgehead atoms. The number of halogens is 1. The van der Waals surface area contributed by atoms with Crippen LogP contribution in [-0.4, -0.2) is 30.7 Å². The number of rotatable bonds is 8. The van der Waals surface area contributed by atoms with E-state index in [9.17, 15) is 14.4 Å². The van der Waals surface area contributed by atoms with E-state index in [0.717, 1.165) is 0 Å². The van der Waals surface area contributed by atoms with E-state index in [1.165, 1.54) is 0 Å². The molecule has 0 saturated heterocycles. The average molecular weight is 359 g/mol. The number of Topliss-reactive ketones (excluding diaryl/α,β-unsaturated/α-hetero) is 1. The molecule has 2 rings (SSSR count). The lowest BCUT2D eigenvalue weighted by molar-refractivity contribution is -0.121. The summed E-state index contributed by atoms with van der Waals surface area (Å²) >= 11 is 5.84. The molecule has 0 atom stereocenters. The quantitative estimate of drug-likeness (QED) is 0.563. The fourth-order valence-corrected chi connectivity index (χ4v) is 2.38. The molecule has 0 aromatic heterocycles. The summed E-state index contributed by atoms with van der Waals surface area (Å²) in [6.07, 6.45) is 0.209. The smallest absolute Gasteiger partial charge is 0.251 e. The van der Waals surface area contributed by atoms with Crippen LogP contribution in [0.2, 0.25) is 5.02 Å². The number of carbonyl (C=O) groups is 3. The highest BCUT2D eigenvalue weighted by Gasteiger charge is 2.10. The Bertz CT molecular complexity index is 747. The molecule has 0 aliphatic carbocycles. The van der Waals surface area contributed by atoms with Crippen LogP contribution in [0.25, 0.3) is 0 Å². The van der Waals surface area contributed by atoms with E-state index >= 15 is 0 Å². The lowest BCUT2D eigenvalue weighted by atomic mass is 10.1. The normalized spacial score (nSPS) is 10.1. The highest BCUT2D eigenvalue weighted by Crippen LogP contribution is 2.13. The van der Waals surface area contributed by atoms with Gasteiger partial charge in [-0.1, -0.05) is 41.9 Å². The van der Waals surface area contributed by atoms with Crippen LogP contribution in [0.3, 0.4) is 0 Å². The van der Waals surface area contributed by atoms with Crippen molar-refractivity contribution in [3.8, 4) is 0 Å². The van der Waals surface area contributed by atoms with E-state index in [1.54, 1.807) is 48.5 Å². The first-order valence-electron chi connectivity index (χ1n) is 7.95. The largest absolute Gasteiger partial charge is 0.354 e. The third-order valence-electron chi connectivity index (χ3n) is 3.49. The summed E-state index contributed by atoms with van der Waals surface area (Å²) in [6, 6.07) is 15.5. The Hall–Kier alpha value is -2.66. The lowest BCUT2D eigenvalue weighted by Gasteiger charge is -2.07. The Balaban J connectivity index is 1.64. The van der Waals surface area contributed by atoms with Gasteiger partial charge in [0.2, 0.25) is 5.91 Å². The van der Waals surface area contributed by atoms with Gasteiger partial charge in [0.05, 0.1) is 0 Å². The zero-order valence-corrected chi connectivity index (χ0v) is 14.4. The summed E-state index contributed by atoms with van der Waals surface area (Å²) in [5, 5.41) is 5.88. The topological polar surface area (TPSA) is 75.3 Å². The predicted molar refractivity (Wildman–Crippen MR) is 96.8 cm³/mol. The van der Waals surface area contributed by atoms with E-state index < -0.39 is 0 Å². The molecule has 0 fully saturated rings. The second kappa shape index (κ2) is 9.59. The first-order valence-corrected chi connectivity index (χ1v) is 8.33. The van der Waals surface area contributed by atoms with E-state index in [-0.39, 0.29) is 30.4 Å². The number of hydrogen-bond donors (Lipinski definition) is 2. The van der Waals surface area contributed by atoms with Gasteiger partial charge in [0, 0.05) is 42.1 Å². The monoisotopic (exact) mass is 358 g/mol. The molecule has 2 aromatic rings. The average Bonchev–Trinajstić information content (AvgIpc) is 2.63. The number of ketones is 1. The summed E-state index contributed by atoms with van der Waals surface area (Å²) in [4.78, 5) is 35.5. The van der Waals surface area contributed by atoms with Crippen LogP contribution in [0.1, 0.15) is 33.6 Å². The van der Waals surface area contributed by atoms with Crippen molar-refractivity contribution in [2.24, 2.45) is 0 Å². The first kappa shape index (κ1) is 18.7. The SMILES string of the molecule is O=C(CCC(=O)c1cccc(Cl)c1)NCCNC(=O)c1ccccc1. The van der Waals surface area contributed by atoms with Crippen LogP contribution in [0.15, 0.2) is 54.6 Å². The Morgan fingerprint density at radius 2 is 1.48 bits per heavy atom. The van der Waals surface area contributed by atoms with Crippen LogP contribution in [0, 0.1) is 0 Å². The Kier molecular flexibility index (Phi) is 7.16. The van der Waals surface area contributed by atoms with Gasteiger partial charge in [0.1, 0.15) is 0 Å². The predicted octanol–water partition coefficient (Wildman–Crippen LogP) is 2.85. The molecule has 2 aromatic carbocycles. The van der Waals surface area contributed by atoms with Crippen molar-refractivity contribution >= 4 is 29.2 Å². The first-order chi connectivity index (χ1) is 12.1. The van der Waals surface area contributed by atoms with Gasteiger partial charge in [-0.15, -0.1) is 0 Å². The zero-order chi connectivity index (χ0) is 18.1. The van der Waals surface area contributed by atoms with Crippen LogP contribution in [0.5, 0.6) is 0 Å². The highest BCUT2D eigenvalue weighted by atomic mass is 35.5. The third-order valence-corrected chi connectivity index (χ3v) is 3.73. The number of nitrogens with one attached hydrogen (secondary N) is 2. The fourth-order valence-electron chi connectivity index (χ4n) is 2.19. The number of carbonyl (C=O) groups excluding carboxylic acids is 3. The number of amides is 2. The molecular weight excluding hydrogens is 340 g/mol. The zero-order valence-electron chi connectivity index (χ0n) is 13.6. The van der Waals surface area contributed by atoms with Crippen molar-refractivity contribution in [3.05, 3.63) is 70.7 Å². The van der Waals surface area contributed by atoms with E-state index in [4.69, 9.17) is 11.6 Å². The van der Waals surface area contributed by atoms with Gasteiger partial charge in [0.15, 0.2) is 5.78 Å². The lowest BCUT2D eigenvalue weighted by Crippen LogP contribution is -2.34. The second-order valence-corrected chi connectivity index (χ2v) is 5.84. The van der Waals surface area contributed by atoms with Crippen molar-refractivity contribution in [2.45, 2.75) is 12.8 Å². The maximum absolute atomic E-state index is 12.0. The highest BCUT2D eigenvalue weighted by molar-refractivity contribution is 6.31. The molecule has 0 radical (unpaired) electrons. The minimum absolute atomic E-state index is 0.0952. The van der Waals surface area contributed by atoms with E-state index in [1.807, 2.05) is 6.07 Å². The van der Waals surface area contributed by atoms with Crippen molar-refractivity contribution < 1.29 is 14.4 Å². The maximum Gasteiger partial charge on any atom is 0.251 e. The van der Waals surface area contributed by atoms with Crippen LogP contribution >= 0.6 is 11.6 Å². The molecule has 2 amide bonds. The van der Waals surface area contributed by atoms with Crippen LogP contribution in [-0.2, 0) is 4.79 Å². The van der Waals surface area contributed by atoms with Gasteiger partial charge in [0.25, 0.3) is 5.91 Å². The van der Waals surface area contributed by atoms with E-state index in [0.29, 0.717) is 29.2 Å². The maximum atomic E-state index is 12.0. The van der Waals surface area contributed by atoms with Gasteiger partial charge in [-0.2, -0.15) is 0 Å². The molecule has 130 valence electrons. The minimum Gasteiger partial charge on any atom is -0.354 e. The molecule has 0 spiro atoms. The molecule has 2 N–H and O–H groups in total. The molecular formula is C19H19ClN2O3. The summed E-state index contributed by atoms with van der Waals surface area (Å²) in [7, 11) is 0. The molecule has 0 aliphatic rings. The molecule has 0 unspecified atom stereocenters. The molecule has 0 aliphatic heterocycles. The summed E-state index contributed by atoms with van der Waals surface area (Å²) in [6.45, 7) is 0.629. The molecule has 0 heterocycles. The molecule has 25 heavy (non-hydrogen) atoms. The summed E-state index contributed by atoms with van der Waals surface area (Å²) in [5.74, 6) is -0.551. The van der Waals surface area contributed by atoms with Gasteiger partial charge in [-0.25, -0.2) is 0 Å². The second-order valence-electron chi connectivity index (χ2n) is 5.41. The van der Waals surface area contributed by atoms with E-state index in [2.05, 4.69) is 10.6 Å². The molecule has 6 heteroatoms. The summed E-state index contributed by atoms with van der Waals surface area (Å²) in [5.41, 5.74) is 1.07. The van der Waals surface area contributed by atoms with Crippen molar-refractivity contribution in [1.82, 2.24) is 10.6 Å². The number of benzene rings is 2. The van der Waals surface area contributed by atoms with Crippen LogP contribution < -0.4 is 10.6 Å². The Labute approximate surface area is 151 Å². The van der Waals surface area contributed by atoms with Crippen molar-refractivity contribution in [3.63, 3.8) is 0 Å². The number of hydrogen-bond acceptors (Lipinski definition) is 3. The van der Waals surface area contributed by atoms with Crippen molar-refractivity contribution in [2.75, 3.05) is 13.1 Å². The van der Waals surface area contributed by atoms with Gasteiger partial charge < -0.3 is 10.6 Å². The molecule has 0 saturated carbocycles. The third kappa shape index (κ3) is 6.39. The minimum atomic E-state index is -0.232. The van der Waals surface area contributed by atoms with Gasteiger partial charge >= 0.3 is 0 Å². The fraction of sp³-hybridized carbons (Fsp3) is 0.211. The standard InChI is InChI=1S/C19H19ClN2O3/c20-16-8-4-7-15(13-16)17(23)9-10-18(24)21-11-12-22-19(25)14-5-2-1-3-6-14/h1-8,13H,9-12H2,(H,21,24)(H,22,25). The van der Waals surface area contributed by atoms with Crippen LogP contribution in [0.4, 0.5) is 0 Å². The molecule has 5 nitrogen and oxygen atoms in total. The summed E-state index contributed by atoms with van der Waals surface area (Å²) < 4.78 is 0. The van der Waals surface area contributed by atoms with Crippen molar-refractivity contribution in [1.29, 1.82) is 0 Å².